The van der Waals surface area contributed by atoms with Gasteiger partial charge >= 0.3 is 5.97 Å². The average molecular weight is 372 g/mol. The predicted molar refractivity (Wildman–Crippen MR) is 99.8 cm³/mol. The minimum atomic E-state index is -0.883. The fraction of sp³-hybridized carbons (Fsp3) is 0.368. The number of fused-ring (bicyclic) bond motifs is 2. The Balaban J connectivity index is 1.90. The average Bonchev–Trinajstić information content (AvgIpc) is 3.18. The van der Waals surface area contributed by atoms with Gasteiger partial charge in [-0.3, -0.25) is 4.40 Å². The van der Waals surface area contributed by atoms with Gasteiger partial charge < -0.3 is 14.6 Å². The number of aromatic nitrogens is 2. The van der Waals surface area contributed by atoms with Gasteiger partial charge in [0.1, 0.15) is 18.1 Å². The number of ether oxygens (including phenoxy) is 2. The van der Waals surface area contributed by atoms with E-state index in [0.717, 1.165) is 51.9 Å². The molecule has 0 unspecified atom stereocenters. The number of benzene rings is 1. The lowest BCUT2D eigenvalue weighted by atomic mass is 10.1. The minimum absolute atomic E-state index is 0.387. The Morgan fingerprint density at radius 2 is 2.00 bits per heavy atom. The third kappa shape index (κ3) is 2.63. The van der Waals surface area contributed by atoms with Crippen molar-refractivity contribution in [2.75, 3.05) is 13.2 Å². The number of aromatic carboxylic acids is 1. The summed E-state index contributed by atoms with van der Waals surface area (Å²) in [6, 6.07) is 5.85. The number of hydrogen-bond acceptors (Lipinski definition) is 5. The summed E-state index contributed by atoms with van der Waals surface area (Å²) in [7, 11) is 0. The van der Waals surface area contributed by atoms with E-state index in [2.05, 4.69) is 13.8 Å². The van der Waals surface area contributed by atoms with Crippen molar-refractivity contribution in [2.24, 2.45) is 0 Å². The second-order valence-electron chi connectivity index (χ2n) is 6.17. The summed E-state index contributed by atoms with van der Waals surface area (Å²) >= 11 is 1.24. The summed E-state index contributed by atoms with van der Waals surface area (Å²) in [5, 5.41) is 9.53. The highest BCUT2D eigenvalue weighted by atomic mass is 32.1. The van der Waals surface area contributed by atoms with Gasteiger partial charge in [0.2, 0.25) is 0 Å². The molecule has 1 aromatic carbocycles. The van der Waals surface area contributed by atoms with Crippen molar-refractivity contribution in [2.45, 2.75) is 33.1 Å². The maximum Gasteiger partial charge on any atom is 0.347 e. The van der Waals surface area contributed by atoms with E-state index in [1.807, 2.05) is 22.6 Å². The van der Waals surface area contributed by atoms with Crippen molar-refractivity contribution in [3.05, 3.63) is 34.5 Å². The van der Waals surface area contributed by atoms with Crippen molar-refractivity contribution in [3.8, 4) is 22.8 Å². The molecule has 26 heavy (non-hydrogen) atoms. The van der Waals surface area contributed by atoms with Gasteiger partial charge in [-0.05, 0) is 31.0 Å². The molecular weight excluding hydrogens is 352 g/mol. The molecular formula is C19H20N2O4S. The van der Waals surface area contributed by atoms with E-state index in [1.54, 1.807) is 0 Å². The lowest BCUT2D eigenvalue weighted by Crippen LogP contribution is -2.15. The van der Waals surface area contributed by atoms with Crippen molar-refractivity contribution < 1.29 is 19.4 Å². The normalized spacial score (nSPS) is 13.3. The fourth-order valence-corrected chi connectivity index (χ4v) is 4.44. The van der Waals surface area contributed by atoms with Crippen molar-refractivity contribution >= 4 is 22.3 Å². The second-order valence-corrected chi connectivity index (χ2v) is 7.15. The number of imidazole rings is 1. The van der Waals surface area contributed by atoms with E-state index in [0.29, 0.717) is 24.5 Å². The SMILES string of the molecule is CCCc1c(C(=O)O)sc2nc(-c3ccc4c(c3)OCCO4)c(CC)n12. The highest BCUT2D eigenvalue weighted by Gasteiger charge is 2.24. The molecule has 0 atom stereocenters. The monoisotopic (exact) mass is 372 g/mol. The molecule has 7 heteroatoms. The van der Waals surface area contributed by atoms with Crippen LogP contribution in [0.15, 0.2) is 18.2 Å². The zero-order chi connectivity index (χ0) is 18.3. The highest BCUT2D eigenvalue weighted by Crippen LogP contribution is 2.37. The molecule has 6 nitrogen and oxygen atoms in total. The van der Waals surface area contributed by atoms with Gasteiger partial charge in [0.25, 0.3) is 0 Å². The molecule has 3 aromatic rings. The van der Waals surface area contributed by atoms with Crippen molar-refractivity contribution in [3.63, 3.8) is 0 Å². The van der Waals surface area contributed by atoms with E-state index in [4.69, 9.17) is 14.5 Å². The van der Waals surface area contributed by atoms with Gasteiger partial charge in [-0.25, -0.2) is 9.78 Å². The van der Waals surface area contributed by atoms with Crippen LogP contribution in [0.3, 0.4) is 0 Å². The molecule has 4 rings (SSSR count). The summed E-state index contributed by atoms with van der Waals surface area (Å²) in [5.41, 5.74) is 3.71. The number of carboxylic acids is 1. The van der Waals surface area contributed by atoms with Crippen LogP contribution in [0.1, 0.15) is 41.3 Å². The second kappa shape index (κ2) is 6.64. The summed E-state index contributed by atoms with van der Waals surface area (Å²) in [6.45, 7) is 5.22. The first-order valence-electron chi connectivity index (χ1n) is 8.80. The van der Waals surface area contributed by atoms with Gasteiger partial charge in [0, 0.05) is 11.3 Å². The lowest BCUT2D eigenvalue weighted by Gasteiger charge is -2.18. The molecule has 1 aliphatic rings. The van der Waals surface area contributed by atoms with Gasteiger partial charge in [-0.2, -0.15) is 0 Å². The lowest BCUT2D eigenvalue weighted by molar-refractivity contribution is 0.0700. The number of carbonyl (C=O) groups is 1. The third-order valence-electron chi connectivity index (χ3n) is 4.50. The Kier molecular flexibility index (Phi) is 4.32. The van der Waals surface area contributed by atoms with Crippen LogP contribution in [0.4, 0.5) is 0 Å². The fourth-order valence-electron chi connectivity index (χ4n) is 3.41. The van der Waals surface area contributed by atoms with Crippen LogP contribution < -0.4 is 9.47 Å². The number of thiazole rings is 1. The van der Waals surface area contributed by atoms with Crippen LogP contribution >= 0.6 is 11.3 Å². The molecule has 0 spiro atoms. The molecule has 3 heterocycles. The Morgan fingerprint density at radius 1 is 1.23 bits per heavy atom. The molecule has 0 saturated carbocycles. The van der Waals surface area contributed by atoms with E-state index in [-0.39, 0.29) is 0 Å². The first-order chi connectivity index (χ1) is 12.6. The Bertz CT molecular complexity index is 989. The van der Waals surface area contributed by atoms with E-state index >= 15 is 0 Å². The number of rotatable bonds is 5. The zero-order valence-corrected chi connectivity index (χ0v) is 15.6. The first-order valence-corrected chi connectivity index (χ1v) is 9.62. The summed E-state index contributed by atoms with van der Waals surface area (Å²) in [5.74, 6) is 0.595. The van der Waals surface area contributed by atoms with E-state index in [9.17, 15) is 9.90 Å². The number of carboxylic acid groups (broad SMARTS) is 1. The number of hydrogen-bond donors (Lipinski definition) is 1. The molecule has 0 bridgehead atoms. The van der Waals surface area contributed by atoms with Gasteiger partial charge in [0.05, 0.1) is 11.4 Å². The van der Waals surface area contributed by atoms with Gasteiger partial charge in [-0.1, -0.05) is 31.6 Å². The first kappa shape index (κ1) is 16.9. The smallest absolute Gasteiger partial charge is 0.347 e. The maximum absolute atomic E-state index is 11.6. The molecule has 0 fully saturated rings. The summed E-state index contributed by atoms with van der Waals surface area (Å²) in [6.07, 6.45) is 2.36. The van der Waals surface area contributed by atoms with Crippen LogP contribution in [0.5, 0.6) is 11.5 Å². The molecule has 0 radical (unpaired) electrons. The minimum Gasteiger partial charge on any atom is -0.486 e. The molecule has 0 aliphatic carbocycles. The molecule has 0 amide bonds. The quantitative estimate of drug-likeness (QED) is 0.731. The van der Waals surface area contributed by atoms with Crippen molar-refractivity contribution in [1.29, 1.82) is 0 Å². The Labute approximate surface area is 155 Å². The molecule has 0 saturated heterocycles. The number of aryl methyl sites for hydroxylation is 2. The highest BCUT2D eigenvalue weighted by molar-refractivity contribution is 7.19. The summed E-state index contributed by atoms with van der Waals surface area (Å²) < 4.78 is 13.3. The Hall–Kier alpha value is -2.54. The molecule has 136 valence electrons. The third-order valence-corrected chi connectivity index (χ3v) is 5.57. The van der Waals surface area contributed by atoms with Crippen LogP contribution in [-0.4, -0.2) is 33.7 Å². The van der Waals surface area contributed by atoms with Gasteiger partial charge in [-0.15, -0.1) is 0 Å². The largest absolute Gasteiger partial charge is 0.486 e. The van der Waals surface area contributed by atoms with Crippen LogP contribution in [-0.2, 0) is 12.8 Å². The Morgan fingerprint density at radius 3 is 2.69 bits per heavy atom. The summed E-state index contributed by atoms with van der Waals surface area (Å²) in [4.78, 5) is 17.5. The van der Waals surface area contributed by atoms with Crippen LogP contribution in [0.25, 0.3) is 16.2 Å². The van der Waals surface area contributed by atoms with Gasteiger partial charge in [0.15, 0.2) is 16.5 Å². The van der Waals surface area contributed by atoms with Crippen LogP contribution in [0, 0.1) is 0 Å². The standard InChI is InChI=1S/C19H20N2O4S/c1-3-5-13-17(18(22)23)26-19-20-16(12(4-2)21(13)19)11-6-7-14-15(10-11)25-9-8-24-14/h6-7,10H,3-5,8-9H2,1-2H3,(H,22,23). The predicted octanol–water partition coefficient (Wildman–Crippen LogP) is 4.05. The zero-order valence-electron chi connectivity index (χ0n) is 14.7. The molecule has 2 aromatic heterocycles. The molecule has 1 aliphatic heterocycles. The molecule has 1 N–H and O–H groups in total. The van der Waals surface area contributed by atoms with E-state index in [1.165, 1.54) is 11.3 Å². The number of nitrogens with zero attached hydrogens (tertiary/aromatic N) is 2. The topological polar surface area (TPSA) is 73.1 Å². The van der Waals surface area contributed by atoms with Crippen LogP contribution in [0.2, 0.25) is 0 Å². The van der Waals surface area contributed by atoms with E-state index < -0.39 is 5.97 Å². The van der Waals surface area contributed by atoms with Crippen molar-refractivity contribution in [1.82, 2.24) is 9.38 Å². The maximum atomic E-state index is 11.6.